The number of hydrogen-bond donors (Lipinski definition) is 1. The quantitative estimate of drug-likeness (QED) is 0.943. The first kappa shape index (κ1) is 14.4. The summed E-state index contributed by atoms with van der Waals surface area (Å²) in [5, 5.41) is 9.67. The summed E-state index contributed by atoms with van der Waals surface area (Å²) in [6, 6.07) is 16.9. The van der Waals surface area contributed by atoms with Crippen LogP contribution in [0.4, 0.5) is 0 Å². The number of para-hydroxylation sites is 2. The molecule has 0 saturated carbocycles. The molecule has 1 aliphatic heterocycles. The molecule has 1 N–H and O–H groups in total. The molecule has 0 aromatic heterocycles. The Morgan fingerprint density at radius 3 is 2.64 bits per heavy atom. The minimum Gasteiger partial charge on any atom is -0.504 e. The average Bonchev–Trinajstić information content (AvgIpc) is 3.04. The molecule has 2 aromatic rings. The van der Waals surface area contributed by atoms with Crippen molar-refractivity contribution in [2.75, 3.05) is 13.2 Å². The summed E-state index contributed by atoms with van der Waals surface area (Å²) in [5.74, 6) is 0.345. The molecule has 1 unspecified atom stereocenters. The fraction of sp³-hybridized carbons (Fsp3) is 0.278. The molecule has 3 rings (SSSR count). The van der Waals surface area contributed by atoms with Crippen LogP contribution in [0.5, 0.6) is 11.5 Å². The number of rotatable bonds is 4. The van der Waals surface area contributed by atoms with Gasteiger partial charge in [0.1, 0.15) is 0 Å². The van der Waals surface area contributed by atoms with E-state index in [-0.39, 0.29) is 24.3 Å². The Bertz CT molecular complexity index is 642. The Morgan fingerprint density at radius 1 is 1.14 bits per heavy atom. The van der Waals surface area contributed by atoms with Crippen LogP contribution in [0.2, 0.25) is 0 Å². The van der Waals surface area contributed by atoms with Gasteiger partial charge < -0.3 is 14.7 Å². The van der Waals surface area contributed by atoms with Crippen molar-refractivity contribution in [3.63, 3.8) is 0 Å². The van der Waals surface area contributed by atoms with Crippen molar-refractivity contribution in [1.82, 2.24) is 4.90 Å². The van der Waals surface area contributed by atoms with E-state index in [0.717, 1.165) is 24.9 Å². The number of aromatic hydroxyl groups is 1. The molecule has 0 aliphatic carbocycles. The third-order valence-corrected chi connectivity index (χ3v) is 3.97. The Kier molecular flexibility index (Phi) is 4.28. The van der Waals surface area contributed by atoms with Crippen LogP contribution < -0.4 is 4.74 Å². The fourth-order valence-corrected chi connectivity index (χ4v) is 2.89. The minimum absolute atomic E-state index is 0.0467. The molecule has 0 radical (unpaired) electrons. The van der Waals surface area contributed by atoms with E-state index in [0.29, 0.717) is 5.75 Å². The van der Waals surface area contributed by atoms with E-state index in [2.05, 4.69) is 12.1 Å². The Hall–Kier alpha value is -2.49. The predicted molar refractivity (Wildman–Crippen MR) is 83.7 cm³/mol. The monoisotopic (exact) mass is 297 g/mol. The third-order valence-electron chi connectivity index (χ3n) is 3.97. The van der Waals surface area contributed by atoms with Crippen LogP contribution in [0.1, 0.15) is 24.4 Å². The summed E-state index contributed by atoms with van der Waals surface area (Å²) in [7, 11) is 0. The summed E-state index contributed by atoms with van der Waals surface area (Å²) in [6.07, 6.45) is 1.98. The van der Waals surface area contributed by atoms with Gasteiger partial charge in [-0.2, -0.15) is 0 Å². The number of nitrogens with zero attached hydrogens (tertiary/aromatic N) is 1. The summed E-state index contributed by atoms with van der Waals surface area (Å²) in [6.45, 7) is 0.698. The average molecular weight is 297 g/mol. The van der Waals surface area contributed by atoms with Crippen molar-refractivity contribution < 1.29 is 14.6 Å². The molecule has 0 spiro atoms. The van der Waals surface area contributed by atoms with Crippen LogP contribution in [0.25, 0.3) is 0 Å². The lowest BCUT2D eigenvalue weighted by atomic mass is 10.0. The Morgan fingerprint density at radius 2 is 1.86 bits per heavy atom. The predicted octanol–water partition coefficient (Wildman–Crippen LogP) is 3.13. The molecule has 1 heterocycles. The molecule has 1 amide bonds. The van der Waals surface area contributed by atoms with Crippen molar-refractivity contribution in [3.05, 3.63) is 60.2 Å². The highest BCUT2D eigenvalue weighted by Crippen LogP contribution is 2.32. The maximum Gasteiger partial charge on any atom is 0.261 e. The number of phenols is 1. The topological polar surface area (TPSA) is 49.8 Å². The minimum atomic E-state index is -0.0547. The maximum absolute atomic E-state index is 12.4. The van der Waals surface area contributed by atoms with Gasteiger partial charge >= 0.3 is 0 Å². The highest BCUT2D eigenvalue weighted by atomic mass is 16.5. The smallest absolute Gasteiger partial charge is 0.261 e. The molecule has 22 heavy (non-hydrogen) atoms. The van der Waals surface area contributed by atoms with E-state index < -0.39 is 0 Å². The molecule has 114 valence electrons. The lowest BCUT2D eigenvalue weighted by Crippen LogP contribution is -2.34. The van der Waals surface area contributed by atoms with Gasteiger partial charge in [-0.25, -0.2) is 0 Å². The first-order valence-electron chi connectivity index (χ1n) is 7.51. The van der Waals surface area contributed by atoms with E-state index in [1.807, 2.05) is 23.1 Å². The van der Waals surface area contributed by atoms with Crippen LogP contribution in [0.3, 0.4) is 0 Å². The zero-order valence-corrected chi connectivity index (χ0v) is 12.3. The van der Waals surface area contributed by atoms with Gasteiger partial charge in [0, 0.05) is 6.54 Å². The molecular formula is C18H19NO3. The number of carbonyl (C=O) groups excluding carboxylic acids is 1. The summed E-state index contributed by atoms with van der Waals surface area (Å²) < 4.78 is 5.45. The molecule has 2 aromatic carbocycles. The lowest BCUT2D eigenvalue weighted by Gasteiger charge is -2.25. The number of hydrogen-bond acceptors (Lipinski definition) is 3. The second-order valence-corrected chi connectivity index (χ2v) is 5.41. The van der Waals surface area contributed by atoms with E-state index in [1.54, 1.807) is 24.3 Å². The van der Waals surface area contributed by atoms with Gasteiger partial charge in [-0.3, -0.25) is 4.79 Å². The van der Waals surface area contributed by atoms with E-state index in [9.17, 15) is 9.90 Å². The number of ether oxygens (including phenoxy) is 1. The van der Waals surface area contributed by atoms with Crippen LogP contribution in [-0.4, -0.2) is 29.1 Å². The molecule has 1 fully saturated rings. The normalized spacial score (nSPS) is 17.5. The van der Waals surface area contributed by atoms with Gasteiger partial charge in [0.15, 0.2) is 18.1 Å². The van der Waals surface area contributed by atoms with Crippen molar-refractivity contribution >= 4 is 5.91 Å². The summed E-state index contributed by atoms with van der Waals surface area (Å²) >= 11 is 0. The highest BCUT2D eigenvalue weighted by molar-refractivity contribution is 5.78. The lowest BCUT2D eigenvalue weighted by molar-refractivity contribution is -0.134. The maximum atomic E-state index is 12.4. The molecule has 4 heteroatoms. The molecule has 0 bridgehead atoms. The van der Waals surface area contributed by atoms with Gasteiger partial charge in [0.2, 0.25) is 0 Å². The molecule has 1 atom stereocenters. The Labute approximate surface area is 130 Å². The van der Waals surface area contributed by atoms with Crippen LogP contribution in [-0.2, 0) is 4.79 Å². The summed E-state index contributed by atoms with van der Waals surface area (Å²) in [4.78, 5) is 14.3. The second kappa shape index (κ2) is 6.52. The fourth-order valence-electron chi connectivity index (χ4n) is 2.89. The number of likely N-dealkylation sites (tertiary alicyclic amines) is 1. The van der Waals surface area contributed by atoms with Crippen molar-refractivity contribution in [2.24, 2.45) is 0 Å². The largest absolute Gasteiger partial charge is 0.504 e. The van der Waals surface area contributed by atoms with Gasteiger partial charge in [0.05, 0.1) is 6.04 Å². The van der Waals surface area contributed by atoms with Crippen molar-refractivity contribution in [3.8, 4) is 11.5 Å². The van der Waals surface area contributed by atoms with E-state index in [4.69, 9.17) is 4.74 Å². The van der Waals surface area contributed by atoms with E-state index >= 15 is 0 Å². The van der Waals surface area contributed by atoms with Crippen molar-refractivity contribution in [1.29, 1.82) is 0 Å². The Balaban J connectivity index is 1.65. The van der Waals surface area contributed by atoms with Crippen LogP contribution in [0, 0.1) is 0 Å². The first-order valence-corrected chi connectivity index (χ1v) is 7.51. The number of phenolic OH excluding ortho intramolecular Hbond substituents is 1. The molecule has 1 aliphatic rings. The first-order chi connectivity index (χ1) is 10.8. The van der Waals surface area contributed by atoms with Gasteiger partial charge in [-0.1, -0.05) is 42.5 Å². The standard InChI is InChI=1S/C18H19NO3/c20-16-10-4-5-11-17(16)22-13-18(21)19-12-6-9-15(19)14-7-2-1-3-8-14/h1-5,7-8,10-11,15,20H,6,9,12-13H2. The third kappa shape index (κ3) is 3.06. The highest BCUT2D eigenvalue weighted by Gasteiger charge is 2.29. The van der Waals surface area contributed by atoms with E-state index in [1.165, 1.54) is 0 Å². The van der Waals surface area contributed by atoms with Gasteiger partial charge in [0.25, 0.3) is 5.91 Å². The zero-order chi connectivity index (χ0) is 15.4. The molecular weight excluding hydrogens is 278 g/mol. The van der Waals surface area contributed by atoms with Crippen LogP contribution in [0.15, 0.2) is 54.6 Å². The molecule has 1 saturated heterocycles. The number of amides is 1. The second-order valence-electron chi connectivity index (χ2n) is 5.41. The summed E-state index contributed by atoms with van der Waals surface area (Å²) in [5.41, 5.74) is 1.16. The van der Waals surface area contributed by atoms with Gasteiger partial charge in [-0.15, -0.1) is 0 Å². The van der Waals surface area contributed by atoms with Gasteiger partial charge in [-0.05, 0) is 30.5 Å². The number of benzene rings is 2. The number of carbonyl (C=O) groups is 1. The van der Waals surface area contributed by atoms with Crippen LogP contribution >= 0.6 is 0 Å². The SMILES string of the molecule is O=C(COc1ccccc1O)N1CCCC1c1ccccc1. The zero-order valence-electron chi connectivity index (χ0n) is 12.3. The van der Waals surface area contributed by atoms with Crippen molar-refractivity contribution in [2.45, 2.75) is 18.9 Å². The molecule has 4 nitrogen and oxygen atoms in total.